The number of hydrogen-bond donors (Lipinski definition) is 0. The van der Waals surface area contributed by atoms with Crippen LogP contribution in [0.1, 0.15) is 23.2 Å². The Labute approximate surface area is 81.7 Å². The third-order valence-electron chi connectivity index (χ3n) is 2.38. The molecule has 1 saturated carbocycles. The molecule has 0 radical (unpaired) electrons. The van der Waals surface area contributed by atoms with Crippen LogP contribution in [0.4, 0.5) is 4.39 Å². The summed E-state index contributed by atoms with van der Waals surface area (Å²) in [6.45, 7) is 0. The van der Waals surface area contributed by atoms with Gasteiger partial charge in [-0.25, -0.2) is 4.39 Å². The Balaban J connectivity index is 2.40. The van der Waals surface area contributed by atoms with Crippen molar-refractivity contribution in [2.24, 2.45) is 5.92 Å². The first kappa shape index (κ1) is 9.19. The summed E-state index contributed by atoms with van der Waals surface area (Å²) < 4.78 is 18.1. The summed E-state index contributed by atoms with van der Waals surface area (Å²) in [5, 5.41) is 0. The molecule has 0 aromatic heterocycles. The van der Waals surface area contributed by atoms with Gasteiger partial charge >= 0.3 is 0 Å². The van der Waals surface area contributed by atoms with Crippen molar-refractivity contribution in [3.05, 3.63) is 29.6 Å². The molecule has 74 valence electrons. The topological polar surface area (TPSA) is 26.3 Å². The number of carbonyl (C=O) groups excluding carboxylic acids is 1. The van der Waals surface area contributed by atoms with Gasteiger partial charge in [0, 0.05) is 5.92 Å². The van der Waals surface area contributed by atoms with E-state index in [0.29, 0.717) is 5.56 Å². The van der Waals surface area contributed by atoms with Crippen molar-refractivity contribution in [2.75, 3.05) is 7.11 Å². The van der Waals surface area contributed by atoms with Gasteiger partial charge < -0.3 is 4.74 Å². The zero-order valence-corrected chi connectivity index (χ0v) is 7.92. The zero-order valence-electron chi connectivity index (χ0n) is 7.92. The monoisotopic (exact) mass is 194 g/mol. The molecule has 1 aliphatic rings. The van der Waals surface area contributed by atoms with E-state index >= 15 is 0 Å². The highest BCUT2D eigenvalue weighted by Crippen LogP contribution is 2.35. The maximum Gasteiger partial charge on any atom is 0.169 e. The minimum Gasteiger partial charge on any atom is -0.493 e. The number of halogens is 1. The lowest BCUT2D eigenvalue weighted by Crippen LogP contribution is -2.05. The Morgan fingerprint density at radius 3 is 2.79 bits per heavy atom. The number of ketones is 1. The Hall–Kier alpha value is -1.38. The van der Waals surface area contributed by atoms with Gasteiger partial charge in [0.15, 0.2) is 17.3 Å². The van der Waals surface area contributed by atoms with E-state index in [-0.39, 0.29) is 17.5 Å². The molecule has 0 saturated heterocycles. The molecule has 14 heavy (non-hydrogen) atoms. The number of Topliss-reactive ketones (excluding diaryl/α,β-unsaturated/α-hetero) is 1. The Kier molecular flexibility index (Phi) is 2.23. The predicted octanol–water partition coefficient (Wildman–Crippen LogP) is 2.43. The molecule has 2 nitrogen and oxygen atoms in total. The van der Waals surface area contributed by atoms with Gasteiger partial charge in [-0.2, -0.15) is 0 Å². The zero-order chi connectivity index (χ0) is 10.1. The number of ether oxygens (including phenoxy) is 1. The maximum absolute atomic E-state index is 13.2. The molecule has 0 atom stereocenters. The van der Waals surface area contributed by atoms with Crippen LogP contribution in [0.25, 0.3) is 0 Å². The average molecular weight is 194 g/mol. The van der Waals surface area contributed by atoms with Gasteiger partial charge in [-0.3, -0.25) is 4.79 Å². The highest BCUT2D eigenvalue weighted by atomic mass is 19.1. The molecule has 0 N–H and O–H groups in total. The third kappa shape index (κ3) is 1.50. The molecule has 0 unspecified atom stereocenters. The largest absolute Gasteiger partial charge is 0.493 e. The second-order valence-electron chi connectivity index (χ2n) is 3.46. The minimum atomic E-state index is -0.473. The lowest BCUT2D eigenvalue weighted by atomic mass is 10.1. The Morgan fingerprint density at radius 1 is 1.50 bits per heavy atom. The molecule has 1 aromatic carbocycles. The number of benzene rings is 1. The first-order chi connectivity index (χ1) is 6.74. The fourth-order valence-electron chi connectivity index (χ4n) is 1.48. The first-order valence-electron chi connectivity index (χ1n) is 4.60. The number of para-hydroxylation sites is 1. The van der Waals surface area contributed by atoms with E-state index in [2.05, 4.69) is 0 Å². The molecule has 1 aromatic rings. The lowest BCUT2D eigenvalue weighted by molar-refractivity contribution is 0.0964. The van der Waals surface area contributed by atoms with Crippen molar-refractivity contribution in [1.29, 1.82) is 0 Å². The van der Waals surface area contributed by atoms with Crippen molar-refractivity contribution < 1.29 is 13.9 Å². The molecule has 1 aliphatic carbocycles. The highest BCUT2D eigenvalue weighted by Gasteiger charge is 2.32. The van der Waals surface area contributed by atoms with Gasteiger partial charge in [-0.1, -0.05) is 6.07 Å². The molecule has 0 amide bonds. The SMILES string of the molecule is COc1c(F)cccc1C(=O)C1CC1. The summed E-state index contributed by atoms with van der Waals surface area (Å²) in [5.41, 5.74) is 0.370. The maximum atomic E-state index is 13.2. The summed E-state index contributed by atoms with van der Waals surface area (Å²) in [6.07, 6.45) is 1.83. The molecular formula is C11H11FO2. The van der Waals surface area contributed by atoms with Crippen LogP contribution in [0.3, 0.4) is 0 Å². The minimum absolute atomic E-state index is 0.00125. The fourth-order valence-corrected chi connectivity index (χ4v) is 1.48. The normalized spacial score (nSPS) is 15.3. The van der Waals surface area contributed by atoms with Gasteiger partial charge in [-0.15, -0.1) is 0 Å². The Bertz CT molecular complexity index is 370. The van der Waals surface area contributed by atoms with E-state index in [1.165, 1.54) is 19.2 Å². The van der Waals surface area contributed by atoms with Crippen LogP contribution < -0.4 is 4.74 Å². The molecule has 0 heterocycles. The number of rotatable bonds is 3. The summed E-state index contributed by atoms with van der Waals surface area (Å²) in [6, 6.07) is 4.44. The molecule has 0 spiro atoms. The fraction of sp³-hybridized carbons (Fsp3) is 0.364. The van der Waals surface area contributed by atoms with Crippen LogP contribution in [-0.4, -0.2) is 12.9 Å². The molecule has 2 rings (SSSR count). The van der Waals surface area contributed by atoms with Crippen LogP contribution in [0.5, 0.6) is 5.75 Å². The third-order valence-corrected chi connectivity index (χ3v) is 2.38. The van der Waals surface area contributed by atoms with Gasteiger partial charge in [0.2, 0.25) is 0 Å². The lowest BCUT2D eigenvalue weighted by Gasteiger charge is -2.07. The standard InChI is InChI=1S/C11H11FO2/c1-14-11-8(3-2-4-9(11)12)10(13)7-5-6-7/h2-4,7H,5-6H2,1H3. The van der Waals surface area contributed by atoms with Crippen molar-refractivity contribution in [3.63, 3.8) is 0 Å². The van der Waals surface area contributed by atoms with Gasteiger partial charge in [-0.05, 0) is 25.0 Å². The quantitative estimate of drug-likeness (QED) is 0.691. The highest BCUT2D eigenvalue weighted by molar-refractivity contribution is 6.01. The molecule has 0 aliphatic heterocycles. The summed E-state index contributed by atoms with van der Waals surface area (Å²) >= 11 is 0. The number of hydrogen-bond acceptors (Lipinski definition) is 2. The van der Waals surface area contributed by atoms with Crippen molar-refractivity contribution in [2.45, 2.75) is 12.8 Å². The Morgan fingerprint density at radius 2 is 2.21 bits per heavy atom. The van der Waals surface area contributed by atoms with E-state index in [4.69, 9.17) is 4.74 Å². The van der Waals surface area contributed by atoms with Crippen LogP contribution in [0, 0.1) is 11.7 Å². The number of methoxy groups -OCH3 is 1. The van der Waals surface area contributed by atoms with E-state index in [1.807, 2.05) is 0 Å². The first-order valence-corrected chi connectivity index (χ1v) is 4.60. The van der Waals surface area contributed by atoms with Crippen LogP contribution in [0.2, 0.25) is 0 Å². The predicted molar refractivity (Wildman–Crippen MR) is 50.0 cm³/mol. The van der Waals surface area contributed by atoms with Gasteiger partial charge in [0.05, 0.1) is 12.7 Å². The van der Waals surface area contributed by atoms with E-state index in [1.54, 1.807) is 6.07 Å². The van der Waals surface area contributed by atoms with Gasteiger partial charge in [0.25, 0.3) is 0 Å². The second kappa shape index (κ2) is 3.40. The van der Waals surface area contributed by atoms with Crippen LogP contribution in [-0.2, 0) is 0 Å². The molecular weight excluding hydrogens is 183 g/mol. The van der Waals surface area contributed by atoms with Crippen molar-refractivity contribution in [1.82, 2.24) is 0 Å². The molecule has 3 heteroatoms. The summed E-state index contributed by atoms with van der Waals surface area (Å²) in [5.74, 6) is -0.310. The average Bonchev–Trinajstić information content (AvgIpc) is 2.99. The van der Waals surface area contributed by atoms with Crippen LogP contribution in [0.15, 0.2) is 18.2 Å². The van der Waals surface area contributed by atoms with E-state index in [9.17, 15) is 9.18 Å². The summed E-state index contributed by atoms with van der Waals surface area (Å²) in [4.78, 5) is 11.7. The smallest absolute Gasteiger partial charge is 0.169 e. The van der Waals surface area contributed by atoms with E-state index < -0.39 is 5.82 Å². The van der Waals surface area contributed by atoms with Crippen molar-refractivity contribution in [3.8, 4) is 5.75 Å². The molecule has 1 fully saturated rings. The van der Waals surface area contributed by atoms with Crippen molar-refractivity contribution >= 4 is 5.78 Å². The van der Waals surface area contributed by atoms with Gasteiger partial charge in [0.1, 0.15) is 0 Å². The molecule has 0 bridgehead atoms. The summed E-state index contributed by atoms with van der Waals surface area (Å²) in [7, 11) is 1.38. The van der Waals surface area contributed by atoms with E-state index in [0.717, 1.165) is 12.8 Å². The number of carbonyl (C=O) groups is 1. The second-order valence-corrected chi connectivity index (χ2v) is 3.46. The van der Waals surface area contributed by atoms with Crippen LogP contribution >= 0.6 is 0 Å².